The molecular formula is C8H13ClN2O2S3. The third-order valence-electron chi connectivity index (χ3n) is 2.12. The lowest BCUT2D eigenvalue weighted by Crippen LogP contribution is -2.36. The van der Waals surface area contributed by atoms with Crippen molar-refractivity contribution in [3.05, 3.63) is 10.7 Å². The molecule has 1 unspecified atom stereocenters. The molecule has 0 bridgehead atoms. The predicted octanol–water partition coefficient (Wildman–Crippen LogP) is 2.17. The maximum absolute atomic E-state index is 12.1. The SMILES string of the molecule is CSCC(C)N(C)S(=O)(=O)c1cnc(Cl)s1. The van der Waals surface area contributed by atoms with E-state index in [1.807, 2.05) is 13.2 Å². The molecule has 0 saturated heterocycles. The summed E-state index contributed by atoms with van der Waals surface area (Å²) >= 11 is 8.22. The Labute approximate surface area is 109 Å². The number of halogens is 1. The molecule has 1 rings (SSSR count). The molecule has 1 aromatic heterocycles. The highest BCUT2D eigenvalue weighted by Gasteiger charge is 2.27. The Bertz CT molecular complexity index is 446. The summed E-state index contributed by atoms with van der Waals surface area (Å²) in [4.78, 5) is 3.74. The van der Waals surface area contributed by atoms with Gasteiger partial charge >= 0.3 is 0 Å². The number of rotatable bonds is 5. The molecule has 0 amide bonds. The molecule has 1 heterocycles. The zero-order valence-electron chi connectivity index (χ0n) is 9.18. The summed E-state index contributed by atoms with van der Waals surface area (Å²) in [6, 6.07) is -0.0547. The Hall–Kier alpha value is 0.180. The number of hydrogen-bond donors (Lipinski definition) is 0. The van der Waals surface area contributed by atoms with Gasteiger partial charge in [0.05, 0.1) is 6.20 Å². The van der Waals surface area contributed by atoms with E-state index in [0.29, 0.717) is 0 Å². The van der Waals surface area contributed by atoms with Crippen LogP contribution >= 0.6 is 34.7 Å². The minimum atomic E-state index is -3.45. The molecule has 0 saturated carbocycles. The van der Waals surface area contributed by atoms with E-state index in [1.165, 1.54) is 10.5 Å². The predicted molar refractivity (Wildman–Crippen MR) is 69.9 cm³/mol. The average molecular weight is 301 g/mol. The molecule has 8 heteroatoms. The maximum atomic E-state index is 12.1. The average Bonchev–Trinajstić information content (AvgIpc) is 2.64. The Balaban J connectivity index is 2.94. The topological polar surface area (TPSA) is 50.3 Å². The highest BCUT2D eigenvalue weighted by molar-refractivity contribution is 7.98. The molecule has 1 aromatic rings. The molecule has 1 atom stereocenters. The van der Waals surface area contributed by atoms with Crippen LogP contribution in [0, 0.1) is 0 Å². The van der Waals surface area contributed by atoms with Gasteiger partial charge in [0.15, 0.2) is 8.68 Å². The van der Waals surface area contributed by atoms with Crippen LogP contribution in [0.15, 0.2) is 10.4 Å². The van der Waals surface area contributed by atoms with Crippen molar-refractivity contribution in [2.75, 3.05) is 19.1 Å². The second-order valence-corrected chi connectivity index (χ2v) is 8.01. The van der Waals surface area contributed by atoms with Gasteiger partial charge in [-0.3, -0.25) is 0 Å². The van der Waals surface area contributed by atoms with Gasteiger partial charge in [-0.25, -0.2) is 13.4 Å². The highest BCUT2D eigenvalue weighted by atomic mass is 35.5. The van der Waals surface area contributed by atoms with Crippen LogP contribution < -0.4 is 0 Å². The van der Waals surface area contributed by atoms with Crippen molar-refractivity contribution in [2.45, 2.75) is 17.2 Å². The minimum Gasteiger partial charge on any atom is -0.232 e. The van der Waals surface area contributed by atoms with E-state index in [-0.39, 0.29) is 14.7 Å². The number of thioether (sulfide) groups is 1. The van der Waals surface area contributed by atoms with Gasteiger partial charge in [-0.1, -0.05) is 22.9 Å². The van der Waals surface area contributed by atoms with Gasteiger partial charge in [0.2, 0.25) is 0 Å². The molecule has 0 aliphatic carbocycles. The van der Waals surface area contributed by atoms with E-state index in [1.54, 1.807) is 18.8 Å². The molecule has 0 aliphatic heterocycles. The van der Waals surface area contributed by atoms with Crippen LogP contribution in [0.4, 0.5) is 0 Å². The first kappa shape index (κ1) is 14.2. The van der Waals surface area contributed by atoms with E-state index in [9.17, 15) is 8.42 Å². The zero-order valence-corrected chi connectivity index (χ0v) is 12.4. The first-order valence-electron chi connectivity index (χ1n) is 4.48. The van der Waals surface area contributed by atoms with Gasteiger partial charge in [-0.05, 0) is 13.2 Å². The Morgan fingerprint density at radius 1 is 1.69 bits per heavy atom. The van der Waals surface area contributed by atoms with E-state index < -0.39 is 10.0 Å². The molecule has 0 spiro atoms. The van der Waals surface area contributed by atoms with Gasteiger partial charge in [0.25, 0.3) is 10.0 Å². The van der Waals surface area contributed by atoms with E-state index in [4.69, 9.17) is 11.6 Å². The van der Waals surface area contributed by atoms with Crippen molar-refractivity contribution in [1.82, 2.24) is 9.29 Å². The fourth-order valence-electron chi connectivity index (χ4n) is 1.08. The molecule has 4 nitrogen and oxygen atoms in total. The van der Waals surface area contributed by atoms with Crippen LogP contribution in [-0.2, 0) is 10.0 Å². The summed E-state index contributed by atoms with van der Waals surface area (Å²) in [5.74, 6) is 0.752. The summed E-state index contributed by atoms with van der Waals surface area (Å²) in [5, 5.41) is 0. The zero-order chi connectivity index (χ0) is 12.3. The summed E-state index contributed by atoms with van der Waals surface area (Å²) < 4.78 is 26.0. The molecule has 92 valence electrons. The van der Waals surface area contributed by atoms with Gasteiger partial charge in [-0.2, -0.15) is 16.1 Å². The first-order chi connectivity index (χ1) is 7.39. The Morgan fingerprint density at radius 2 is 2.31 bits per heavy atom. The van der Waals surface area contributed by atoms with E-state index in [2.05, 4.69) is 4.98 Å². The number of thiazole rings is 1. The van der Waals surface area contributed by atoms with Crippen molar-refractivity contribution in [2.24, 2.45) is 0 Å². The lowest BCUT2D eigenvalue weighted by molar-refractivity contribution is 0.416. The lowest BCUT2D eigenvalue weighted by Gasteiger charge is -2.22. The third-order valence-corrected chi connectivity index (χ3v) is 6.46. The van der Waals surface area contributed by atoms with Crippen LogP contribution in [0.5, 0.6) is 0 Å². The van der Waals surface area contributed by atoms with Gasteiger partial charge in [0, 0.05) is 18.8 Å². The van der Waals surface area contributed by atoms with Gasteiger partial charge in [0.1, 0.15) is 0 Å². The smallest absolute Gasteiger partial charge is 0.232 e. The van der Waals surface area contributed by atoms with E-state index in [0.717, 1.165) is 17.1 Å². The van der Waals surface area contributed by atoms with Crippen molar-refractivity contribution in [3.63, 3.8) is 0 Å². The molecule has 0 radical (unpaired) electrons. The van der Waals surface area contributed by atoms with Crippen LogP contribution in [-0.4, -0.2) is 42.8 Å². The van der Waals surface area contributed by atoms with E-state index >= 15 is 0 Å². The third kappa shape index (κ3) is 3.10. The normalized spacial score (nSPS) is 14.3. The minimum absolute atomic E-state index is 0.0547. The van der Waals surface area contributed by atoms with Gasteiger partial charge in [-0.15, -0.1) is 0 Å². The second-order valence-electron chi connectivity index (χ2n) is 3.26. The summed E-state index contributed by atoms with van der Waals surface area (Å²) in [6.45, 7) is 1.87. The summed E-state index contributed by atoms with van der Waals surface area (Å²) in [7, 11) is -1.87. The lowest BCUT2D eigenvalue weighted by atomic mass is 10.4. The standard InChI is InChI=1S/C8H13ClN2O2S3/c1-6(5-14-3)11(2)16(12,13)7-4-10-8(9)15-7/h4,6H,5H2,1-3H3. The van der Waals surface area contributed by atoms with Crippen molar-refractivity contribution < 1.29 is 8.42 Å². The van der Waals surface area contributed by atoms with Crippen molar-refractivity contribution in [1.29, 1.82) is 0 Å². The fourth-order valence-corrected chi connectivity index (χ4v) is 4.72. The molecule has 16 heavy (non-hydrogen) atoms. The number of hydrogen-bond acceptors (Lipinski definition) is 5. The second kappa shape index (κ2) is 5.68. The maximum Gasteiger partial charge on any atom is 0.254 e. The molecule has 0 fully saturated rings. The monoisotopic (exact) mass is 300 g/mol. The molecular weight excluding hydrogens is 288 g/mol. The largest absolute Gasteiger partial charge is 0.254 e. The number of sulfonamides is 1. The number of nitrogens with zero attached hydrogens (tertiary/aromatic N) is 2. The van der Waals surface area contributed by atoms with Crippen LogP contribution in [0.1, 0.15) is 6.92 Å². The Kier molecular flexibility index (Phi) is 5.06. The van der Waals surface area contributed by atoms with Crippen LogP contribution in [0.25, 0.3) is 0 Å². The highest BCUT2D eigenvalue weighted by Crippen LogP contribution is 2.26. The molecule has 0 N–H and O–H groups in total. The van der Waals surface area contributed by atoms with Crippen LogP contribution in [0.2, 0.25) is 4.47 Å². The fraction of sp³-hybridized carbons (Fsp3) is 0.625. The summed E-state index contributed by atoms with van der Waals surface area (Å²) in [6.07, 6.45) is 3.24. The first-order valence-corrected chi connectivity index (χ1v) is 8.50. The van der Waals surface area contributed by atoms with Crippen molar-refractivity contribution >= 4 is 44.7 Å². The van der Waals surface area contributed by atoms with Crippen molar-refractivity contribution in [3.8, 4) is 0 Å². The summed E-state index contributed by atoms with van der Waals surface area (Å²) in [5.41, 5.74) is 0. The van der Waals surface area contributed by atoms with Gasteiger partial charge < -0.3 is 0 Å². The molecule has 0 aromatic carbocycles. The Morgan fingerprint density at radius 3 is 2.75 bits per heavy atom. The van der Waals surface area contributed by atoms with Crippen LogP contribution in [0.3, 0.4) is 0 Å². The molecule has 0 aliphatic rings. The number of aromatic nitrogens is 1. The quantitative estimate of drug-likeness (QED) is 0.836.